The Labute approximate surface area is 150 Å². The van der Waals surface area contributed by atoms with Crippen LogP contribution in [0.3, 0.4) is 0 Å². The van der Waals surface area contributed by atoms with Crippen LogP contribution in [0.15, 0.2) is 30.5 Å². The van der Waals surface area contributed by atoms with Gasteiger partial charge in [0, 0.05) is 19.2 Å². The number of imidazole rings is 1. The van der Waals surface area contributed by atoms with Crippen molar-refractivity contribution in [3.63, 3.8) is 0 Å². The molecule has 2 aromatic rings. The third-order valence-electron chi connectivity index (χ3n) is 3.60. The highest BCUT2D eigenvalue weighted by Gasteiger charge is 2.24. The van der Waals surface area contributed by atoms with E-state index in [2.05, 4.69) is 4.98 Å². The average molecular weight is 360 g/mol. The Morgan fingerprint density at radius 3 is 2.46 bits per heavy atom. The number of ether oxygens (including phenoxy) is 2. The van der Waals surface area contributed by atoms with Crippen LogP contribution in [-0.2, 0) is 27.3 Å². The van der Waals surface area contributed by atoms with Gasteiger partial charge in [0.1, 0.15) is 5.75 Å². The standard InChI is InChI=1S/C18H20N2O6/c1-3-26-18(24)16(23)17-19-13(6-9-15(21)22)11-20(17)10-12-4-7-14(25-2)8-5-12/h4-5,7-8,11H,3,6,9-10H2,1-2H3,(H,21,22). The largest absolute Gasteiger partial charge is 0.497 e. The van der Waals surface area contributed by atoms with Crippen molar-refractivity contribution >= 4 is 17.7 Å². The molecule has 0 spiro atoms. The number of hydrogen-bond acceptors (Lipinski definition) is 6. The van der Waals surface area contributed by atoms with Crippen LogP contribution in [-0.4, -0.2) is 46.1 Å². The molecule has 0 aliphatic carbocycles. The van der Waals surface area contributed by atoms with E-state index in [0.717, 1.165) is 5.56 Å². The molecule has 26 heavy (non-hydrogen) atoms. The fourth-order valence-electron chi connectivity index (χ4n) is 2.34. The lowest BCUT2D eigenvalue weighted by molar-refractivity contribution is -0.138. The van der Waals surface area contributed by atoms with Crippen LogP contribution in [0, 0.1) is 0 Å². The molecule has 0 aliphatic heterocycles. The van der Waals surface area contributed by atoms with E-state index in [9.17, 15) is 14.4 Å². The second-order valence-electron chi connectivity index (χ2n) is 5.48. The highest BCUT2D eigenvalue weighted by atomic mass is 16.5. The van der Waals surface area contributed by atoms with E-state index in [1.807, 2.05) is 12.1 Å². The van der Waals surface area contributed by atoms with Crippen molar-refractivity contribution in [2.24, 2.45) is 0 Å². The molecule has 0 saturated heterocycles. The third-order valence-corrected chi connectivity index (χ3v) is 3.60. The minimum absolute atomic E-state index is 0.0698. The molecule has 2 rings (SSSR count). The molecule has 0 radical (unpaired) electrons. The smallest absolute Gasteiger partial charge is 0.383 e. The van der Waals surface area contributed by atoms with E-state index < -0.39 is 17.7 Å². The van der Waals surface area contributed by atoms with Crippen molar-refractivity contribution in [3.8, 4) is 5.75 Å². The predicted molar refractivity (Wildman–Crippen MR) is 91.2 cm³/mol. The van der Waals surface area contributed by atoms with Gasteiger partial charge in [-0.2, -0.15) is 0 Å². The molecule has 1 N–H and O–H groups in total. The van der Waals surface area contributed by atoms with Crippen LogP contribution < -0.4 is 4.74 Å². The van der Waals surface area contributed by atoms with Crippen molar-refractivity contribution in [1.29, 1.82) is 0 Å². The minimum Gasteiger partial charge on any atom is -0.497 e. The number of carbonyl (C=O) groups excluding carboxylic acids is 2. The second-order valence-corrected chi connectivity index (χ2v) is 5.48. The number of ketones is 1. The van der Waals surface area contributed by atoms with Crippen molar-refractivity contribution < 1.29 is 29.0 Å². The highest BCUT2D eigenvalue weighted by Crippen LogP contribution is 2.15. The molecule has 0 aliphatic rings. The summed E-state index contributed by atoms with van der Waals surface area (Å²) in [6, 6.07) is 7.22. The lowest BCUT2D eigenvalue weighted by Crippen LogP contribution is -2.22. The highest BCUT2D eigenvalue weighted by molar-refractivity contribution is 6.39. The second kappa shape index (κ2) is 8.80. The first-order chi connectivity index (χ1) is 12.4. The number of aliphatic carboxylic acids is 1. The van der Waals surface area contributed by atoms with Crippen molar-refractivity contribution in [1.82, 2.24) is 9.55 Å². The number of aryl methyl sites for hydroxylation is 1. The van der Waals surface area contributed by atoms with E-state index in [1.165, 1.54) is 4.57 Å². The maximum Gasteiger partial charge on any atom is 0.383 e. The molecule has 0 unspecified atom stereocenters. The number of nitrogens with zero attached hydrogens (tertiary/aromatic N) is 2. The van der Waals surface area contributed by atoms with Gasteiger partial charge < -0.3 is 19.1 Å². The number of carbonyl (C=O) groups is 3. The molecular formula is C18H20N2O6. The van der Waals surface area contributed by atoms with E-state index in [4.69, 9.17) is 14.6 Å². The normalized spacial score (nSPS) is 10.4. The molecule has 1 aromatic heterocycles. The van der Waals surface area contributed by atoms with Gasteiger partial charge in [-0.1, -0.05) is 12.1 Å². The van der Waals surface area contributed by atoms with Crippen LogP contribution in [0.25, 0.3) is 0 Å². The van der Waals surface area contributed by atoms with Gasteiger partial charge in [0.05, 0.1) is 25.8 Å². The first kappa shape index (κ1) is 19.2. The molecule has 8 nitrogen and oxygen atoms in total. The average Bonchev–Trinajstić information content (AvgIpc) is 3.03. The van der Waals surface area contributed by atoms with Gasteiger partial charge in [-0.25, -0.2) is 9.78 Å². The fraction of sp³-hybridized carbons (Fsp3) is 0.333. The monoisotopic (exact) mass is 360 g/mol. The summed E-state index contributed by atoms with van der Waals surface area (Å²) in [6.07, 6.45) is 1.63. The SMILES string of the molecule is CCOC(=O)C(=O)c1nc(CCC(=O)O)cn1Cc1ccc(OC)cc1. The molecule has 0 fully saturated rings. The Morgan fingerprint density at radius 1 is 1.19 bits per heavy atom. The molecule has 8 heteroatoms. The lowest BCUT2D eigenvalue weighted by Gasteiger charge is -2.07. The number of Topliss-reactive ketones (excluding diaryl/α,β-unsaturated/α-hetero) is 1. The van der Waals surface area contributed by atoms with Crippen molar-refractivity contribution in [2.75, 3.05) is 13.7 Å². The van der Waals surface area contributed by atoms with Crippen LogP contribution in [0.1, 0.15) is 35.2 Å². The summed E-state index contributed by atoms with van der Waals surface area (Å²) in [7, 11) is 1.57. The maximum absolute atomic E-state index is 12.3. The van der Waals surface area contributed by atoms with Crippen LogP contribution in [0.4, 0.5) is 0 Å². The summed E-state index contributed by atoms with van der Waals surface area (Å²) >= 11 is 0. The van der Waals surface area contributed by atoms with Gasteiger partial charge in [0.2, 0.25) is 0 Å². The molecule has 0 amide bonds. The van der Waals surface area contributed by atoms with Gasteiger partial charge in [-0.05, 0) is 24.6 Å². The quantitative estimate of drug-likeness (QED) is 0.412. The van der Waals surface area contributed by atoms with Gasteiger partial charge in [-0.15, -0.1) is 0 Å². The van der Waals surface area contributed by atoms with Crippen LogP contribution >= 0.6 is 0 Å². The summed E-state index contributed by atoms with van der Waals surface area (Å²) in [4.78, 5) is 39.0. The minimum atomic E-state index is -0.987. The number of benzene rings is 1. The van der Waals surface area contributed by atoms with Gasteiger partial charge in [0.25, 0.3) is 0 Å². The van der Waals surface area contributed by atoms with Crippen molar-refractivity contribution in [2.45, 2.75) is 26.3 Å². The van der Waals surface area contributed by atoms with Crippen LogP contribution in [0.5, 0.6) is 5.75 Å². The van der Waals surface area contributed by atoms with Gasteiger partial charge in [0.15, 0.2) is 5.82 Å². The zero-order valence-corrected chi connectivity index (χ0v) is 14.6. The lowest BCUT2D eigenvalue weighted by atomic mass is 10.2. The molecule has 0 saturated carbocycles. The number of carboxylic acid groups (broad SMARTS) is 1. The number of rotatable bonds is 9. The van der Waals surface area contributed by atoms with Crippen molar-refractivity contribution in [3.05, 3.63) is 47.5 Å². The Morgan fingerprint density at radius 2 is 1.88 bits per heavy atom. The molecule has 0 atom stereocenters. The van der Waals surface area contributed by atoms with E-state index >= 15 is 0 Å². The molecule has 138 valence electrons. The Bertz CT molecular complexity index is 795. The summed E-state index contributed by atoms with van der Waals surface area (Å²) < 4.78 is 11.4. The van der Waals surface area contributed by atoms with E-state index in [-0.39, 0.29) is 25.3 Å². The number of methoxy groups -OCH3 is 1. The van der Waals surface area contributed by atoms with Gasteiger partial charge >= 0.3 is 17.7 Å². The van der Waals surface area contributed by atoms with E-state index in [0.29, 0.717) is 18.0 Å². The third kappa shape index (κ3) is 4.92. The first-order valence-corrected chi connectivity index (χ1v) is 8.06. The number of aromatic nitrogens is 2. The summed E-state index contributed by atoms with van der Waals surface area (Å²) in [6.45, 7) is 1.98. The van der Waals surface area contributed by atoms with E-state index in [1.54, 1.807) is 32.4 Å². The Kier molecular flexibility index (Phi) is 6.48. The topological polar surface area (TPSA) is 108 Å². The number of hydrogen-bond donors (Lipinski definition) is 1. The Balaban J connectivity index is 2.29. The van der Waals surface area contributed by atoms with Crippen LogP contribution in [0.2, 0.25) is 0 Å². The first-order valence-electron chi connectivity index (χ1n) is 8.06. The summed E-state index contributed by atoms with van der Waals surface area (Å²) in [5.41, 5.74) is 1.29. The Hall–Kier alpha value is -3.16. The number of esters is 1. The molecule has 0 bridgehead atoms. The maximum atomic E-state index is 12.3. The molecule has 1 heterocycles. The zero-order valence-electron chi connectivity index (χ0n) is 14.6. The molecular weight excluding hydrogens is 340 g/mol. The molecule has 1 aromatic carbocycles. The van der Waals surface area contributed by atoms with Gasteiger partial charge in [-0.3, -0.25) is 9.59 Å². The fourth-order valence-corrected chi connectivity index (χ4v) is 2.34. The number of carboxylic acids is 1. The zero-order chi connectivity index (χ0) is 19.1. The predicted octanol–water partition coefficient (Wildman–Crippen LogP) is 1.70. The summed E-state index contributed by atoms with van der Waals surface area (Å²) in [5, 5.41) is 8.82. The summed E-state index contributed by atoms with van der Waals surface area (Å²) in [5.74, 6) is -2.18.